The summed E-state index contributed by atoms with van der Waals surface area (Å²) in [4.78, 5) is 32.0. The molecule has 4 aromatic rings. The van der Waals surface area contributed by atoms with Crippen molar-refractivity contribution < 1.29 is 4.79 Å². The summed E-state index contributed by atoms with van der Waals surface area (Å²) in [6.45, 7) is 3.90. The van der Waals surface area contributed by atoms with Crippen LogP contribution in [-0.4, -0.2) is 25.7 Å². The number of rotatable bonds is 6. The van der Waals surface area contributed by atoms with Crippen molar-refractivity contribution >= 4 is 59.9 Å². The van der Waals surface area contributed by atoms with E-state index in [1.54, 1.807) is 0 Å². The number of aromatic nitrogens is 4. The van der Waals surface area contributed by atoms with E-state index >= 15 is 0 Å². The predicted molar refractivity (Wildman–Crippen MR) is 124 cm³/mol. The van der Waals surface area contributed by atoms with Crippen molar-refractivity contribution in [2.45, 2.75) is 33.2 Å². The molecular weight excluding hydrogens is 486 g/mol. The van der Waals surface area contributed by atoms with Crippen molar-refractivity contribution in [3.8, 4) is 11.1 Å². The number of nitrogens with one attached hydrogen (secondary N) is 1. The molecule has 0 saturated heterocycles. The molecule has 154 valence electrons. The second-order valence-corrected chi connectivity index (χ2v) is 9.58. The Labute approximate surface area is 188 Å². The molecule has 0 unspecified atom stereocenters. The third-order valence-electron chi connectivity index (χ3n) is 4.54. The summed E-state index contributed by atoms with van der Waals surface area (Å²) >= 11 is 6.30. The number of hydrogen-bond donors (Lipinski definition) is 1. The molecule has 3 heterocycles. The van der Waals surface area contributed by atoms with Crippen molar-refractivity contribution in [3.05, 3.63) is 55.3 Å². The topological polar surface area (TPSA) is 89.8 Å². The van der Waals surface area contributed by atoms with Crippen LogP contribution in [0.1, 0.15) is 23.7 Å². The number of nitrogens with zero attached hydrogens (tertiary/aromatic N) is 4. The summed E-state index contributed by atoms with van der Waals surface area (Å²) in [5.41, 5.74) is 1.63. The third-order valence-corrected chi connectivity index (χ3v) is 7.29. The average molecular weight is 504 g/mol. The van der Waals surface area contributed by atoms with Crippen LogP contribution >= 0.6 is 38.6 Å². The monoisotopic (exact) mass is 503 g/mol. The molecule has 4 rings (SSSR count). The Kier molecular flexibility index (Phi) is 6.07. The summed E-state index contributed by atoms with van der Waals surface area (Å²) < 4.78 is 2.31. The Bertz CT molecular complexity index is 1280. The van der Waals surface area contributed by atoms with E-state index < -0.39 is 0 Å². The molecular formula is C20H18BrN5O2S2. The van der Waals surface area contributed by atoms with Gasteiger partial charge in [0, 0.05) is 14.9 Å². The Morgan fingerprint density at radius 3 is 2.57 bits per heavy atom. The first-order chi connectivity index (χ1) is 14.5. The molecule has 1 aromatic carbocycles. The average Bonchev–Trinajstić information content (AvgIpc) is 3.35. The molecule has 0 atom stereocenters. The van der Waals surface area contributed by atoms with E-state index in [0.717, 1.165) is 38.3 Å². The van der Waals surface area contributed by atoms with Crippen molar-refractivity contribution in [1.29, 1.82) is 0 Å². The second-order valence-electron chi connectivity index (χ2n) is 6.52. The maximum atomic E-state index is 13.3. The van der Waals surface area contributed by atoms with Crippen LogP contribution in [0.5, 0.6) is 0 Å². The highest BCUT2D eigenvalue weighted by molar-refractivity contribution is 9.10. The van der Waals surface area contributed by atoms with Crippen molar-refractivity contribution in [2.75, 3.05) is 5.32 Å². The Balaban J connectivity index is 1.70. The highest BCUT2D eigenvalue weighted by Gasteiger charge is 2.19. The van der Waals surface area contributed by atoms with E-state index in [2.05, 4.69) is 43.4 Å². The van der Waals surface area contributed by atoms with Gasteiger partial charge in [-0.25, -0.2) is 4.98 Å². The van der Waals surface area contributed by atoms with Gasteiger partial charge in [0.15, 0.2) is 0 Å². The quantitative estimate of drug-likeness (QED) is 0.418. The van der Waals surface area contributed by atoms with Gasteiger partial charge in [-0.2, -0.15) is 0 Å². The molecule has 30 heavy (non-hydrogen) atoms. The van der Waals surface area contributed by atoms with Crippen LogP contribution in [0, 0.1) is 0 Å². The predicted octanol–water partition coefficient (Wildman–Crippen LogP) is 4.50. The van der Waals surface area contributed by atoms with Crippen LogP contribution in [0.4, 0.5) is 5.13 Å². The molecule has 0 aliphatic heterocycles. The molecule has 0 radical (unpaired) electrons. The molecule has 7 nitrogen and oxygen atoms in total. The van der Waals surface area contributed by atoms with E-state index in [1.165, 1.54) is 33.6 Å². The fraction of sp³-hybridized carbons (Fsp3) is 0.250. The normalized spacial score (nSPS) is 11.2. The number of amides is 1. The highest BCUT2D eigenvalue weighted by atomic mass is 79.9. The first kappa shape index (κ1) is 20.8. The van der Waals surface area contributed by atoms with Crippen LogP contribution in [0.25, 0.3) is 21.3 Å². The lowest BCUT2D eigenvalue weighted by Gasteiger charge is -2.07. The zero-order chi connectivity index (χ0) is 21.3. The van der Waals surface area contributed by atoms with Crippen LogP contribution in [-0.2, 0) is 24.2 Å². The van der Waals surface area contributed by atoms with Crippen LogP contribution < -0.4 is 10.9 Å². The highest BCUT2D eigenvalue weighted by Crippen LogP contribution is 2.36. The Morgan fingerprint density at radius 2 is 1.90 bits per heavy atom. The summed E-state index contributed by atoms with van der Waals surface area (Å²) in [6, 6.07) is 7.87. The third kappa shape index (κ3) is 4.07. The molecule has 0 fully saturated rings. The van der Waals surface area contributed by atoms with Gasteiger partial charge in [-0.3, -0.25) is 19.5 Å². The second kappa shape index (κ2) is 8.75. The van der Waals surface area contributed by atoms with Crippen LogP contribution in [0.3, 0.4) is 0 Å². The van der Waals surface area contributed by atoms with Gasteiger partial charge in [-0.1, -0.05) is 53.2 Å². The lowest BCUT2D eigenvalue weighted by molar-refractivity contribution is -0.116. The largest absolute Gasteiger partial charge is 0.299 e. The molecule has 10 heteroatoms. The Morgan fingerprint density at radius 1 is 1.13 bits per heavy atom. The number of halogens is 1. The van der Waals surface area contributed by atoms with Gasteiger partial charge in [-0.05, 0) is 30.5 Å². The SMILES string of the molecule is CCc1nnc(NC(=O)Cn2cnc3sc(CC)c(-c4ccc(Br)cc4)c3c2=O)s1. The lowest BCUT2D eigenvalue weighted by atomic mass is 10.0. The van der Waals surface area contributed by atoms with E-state index in [0.29, 0.717) is 15.3 Å². The minimum absolute atomic E-state index is 0.139. The van der Waals surface area contributed by atoms with Gasteiger partial charge < -0.3 is 0 Å². The summed E-state index contributed by atoms with van der Waals surface area (Å²) in [5.74, 6) is -0.340. The van der Waals surface area contributed by atoms with Gasteiger partial charge in [0.2, 0.25) is 11.0 Å². The molecule has 0 saturated carbocycles. The minimum atomic E-state index is -0.340. The summed E-state index contributed by atoms with van der Waals surface area (Å²) in [7, 11) is 0. The van der Waals surface area contributed by atoms with Crippen LogP contribution in [0.2, 0.25) is 0 Å². The summed E-state index contributed by atoms with van der Waals surface area (Å²) in [6.07, 6.45) is 2.98. The van der Waals surface area contributed by atoms with Gasteiger partial charge in [0.25, 0.3) is 5.56 Å². The van der Waals surface area contributed by atoms with Crippen LogP contribution in [0.15, 0.2) is 39.9 Å². The van der Waals surface area contributed by atoms with Gasteiger partial charge in [-0.15, -0.1) is 21.5 Å². The fourth-order valence-corrected chi connectivity index (χ4v) is 5.17. The molecule has 0 bridgehead atoms. The lowest BCUT2D eigenvalue weighted by Crippen LogP contribution is -2.27. The standard InChI is InChI=1S/C20H18BrN5O2S2/c1-3-13-16(11-5-7-12(21)8-6-11)17-18(29-13)22-10-26(19(17)28)9-14(27)23-20-25-24-15(4-2)30-20/h5-8,10H,3-4,9H2,1-2H3,(H,23,25,27). The smallest absolute Gasteiger partial charge is 0.263 e. The van der Waals surface area contributed by atoms with Crippen molar-refractivity contribution in [2.24, 2.45) is 0 Å². The first-order valence-electron chi connectivity index (χ1n) is 9.39. The van der Waals surface area contributed by atoms with E-state index in [-0.39, 0.29) is 18.0 Å². The maximum absolute atomic E-state index is 13.3. The molecule has 0 aliphatic rings. The zero-order valence-electron chi connectivity index (χ0n) is 16.3. The number of carbonyl (C=O) groups is 1. The van der Waals surface area contributed by atoms with Gasteiger partial charge >= 0.3 is 0 Å². The van der Waals surface area contributed by atoms with E-state index in [9.17, 15) is 9.59 Å². The van der Waals surface area contributed by atoms with E-state index in [4.69, 9.17) is 0 Å². The van der Waals surface area contributed by atoms with Gasteiger partial charge in [0.1, 0.15) is 16.4 Å². The Hall–Kier alpha value is -2.43. The van der Waals surface area contributed by atoms with Gasteiger partial charge in [0.05, 0.1) is 11.7 Å². The number of fused-ring (bicyclic) bond motifs is 1. The fourth-order valence-electron chi connectivity index (χ4n) is 3.12. The number of benzene rings is 1. The molecule has 0 aliphatic carbocycles. The molecule has 1 amide bonds. The summed E-state index contributed by atoms with van der Waals surface area (Å²) in [5, 5.41) is 12.5. The molecule has 1 N–H and O–H groups in total. The maximum Gasteiger partial charge on any atom is 0.263 e. The molecule has 0 spiro atoms. The van der Waals surface area contributed by atoms with Crippen molar-refractivity contribution in [1.82, 2.24) is 19.7 Å². The minimum Gasteiger partial charge on any atom is -0.299 e. The number of anilines is 1. The first-order valence-corrected chi connectivity index (χ1v) is 11.8. The van der Waals surface area contributed by atoms with Crippen molar-refractivity contribution in [3.63, 3.8) is 0 Å². The van der Waals surface area contributed by atoms with E-state index in [1.807, 2.05) is 31.2 Å². The zero-order valence-corrected chi connectivity index (χ0v) is 19.5. The molecule has 3 aromatic heterocycles. The number of carbonyl (C=O) groups excluding carboxylic acids is 1. The number of hydrogen-bond acceptors (Lipinski definition) is 7. The number of thiophene rings is 1. The number of aryl methyl sites for hydroxylation is 2.